The third-order valence-electron chi connectivity index (χ3n) is 3.32. The van der Waals surface area contributed by atoms with Crippen molar-refractivity contribution in [3.8, 4) is 0 Å². The Kier molecular flexibility index (Phi) is 9.61. The first kappa shape index (κ1) is 21.0. The Balaban J connectivity index is 1.81. The van der Waals surface area contributed by atoms with Gasteiger partial charge >= 0.3 is 0 Å². The summed E-state index contributed by atoms with van der Waals surface area (Å²) in [6.45, 7) is 0. The van der Waals surface area contributed by atoms with Crippen molar-refractivity contribution in [1.82, 2.24) is 0 Å². The van der Waals surface area contributed by atoms with Gasteiger partial charge in [-0.25, -0.2) is 8.42 Å². The highest BCUT2D eigenvalue weighted by molar-refractivity contribution is 9.09. The van der Waals surface area contributed by atoms with Crippen LogP contribution in [0.4, 0.5) is 0 Å². The quantitative estimate of drug-likeness (QED) is 0.314. The zero-order valence-electron chi connectivity index (χ0n) is 13.2. The first-order valence-electron chi connectivity index (χ1n) is 7.26. The van der Waals surface area contributed by atoms with E-state index in [9.17, 15) is 8.42 Å². The predicted octanol–water partition coefficient (Wildman–Crippen LogP) is 4.86. The summed E-state index contributed by atoms with van der Waals surface area (Å²) < 4.78 is 40.2. The molecular formula is C16H18O4S5. The molecule has 0 aliphatic heterocycles. The third kappa shape index (κ3) is 7.86. The minimum Gasteiger partial charge on any atom is -0.306 e. The summed E-state index contributed by atoms with van der Waals surface area (Å²) in [5.41, 5.74) is 3.94. The SMILES string of the molecule is O=S(O)Cc1ccccc1CSSSCc1ccccc1CS(=O)O. The van der Waals surface area contributed by atoms with Gasteiger partial charge in [-0.2, -0.15) is 0 Å². The Labute approximate surface area is 164 Å². The molecule has 2 rings (SSSR count). The molecule has 0 saturated heterocycles. The molecule has 2 aromatic rings. The second-order valence-corrected chi connectivity index (χ2v) is 11.2. The van der Waals surface area contributed by atoms with E-state index in [4.69, 9.17) is 9.11 Å². The molecule has 136 valence electrons. The highest BCUT2D eigenvalue weighted by atomic mass is 33.5. The van der Waals surface area contributed by atoms with Crippen LogP contribution in [0, 0.1) is 0 Å². The standard InChI is InChI=1S/C16H18O4S5/c17-24(18)11-15-7-3-1-5-13(15)9-21-23-22-10-14-6-2-4-8-16(14)12-25(19)20/h1-8H,9-12H2,(H,17,18)(H,19,20). The van der Waals surface area contributed by atoms with Crippen LogP contribution in [0.2, 0.25) is 0 Å². The minimum atomic E-state index is -1.83. The molecule has 2 unspecified atom stereocenters. The number of rotatable bonds is 10. The fourth-order valence-electron chi connectivity index (χ4n) is 2.15. The van der Waals surface area contributed by atoms with E-state index in [0.29, 0.717) is 0 Å². The number of hydrogen-bond donors (Lipinski definition) is 2. The van der Waals surface area contributed by atoms with Crippen molar-refractivity contribution in [2.45, 2.75) is 23.0 Å². The molecule has 0 radical (unpaired) electrons. The molecule has 0 spiro atoms. The maximum absolute atomic E-state index is 11.0. The molecule has 0 bridgehead atoms. The van der Waals surface area contributed by atoms with E-state index in [-0.39, 0.29) is 11.5 Å². The van der Waals surface area contributed by atoms with E-state index in [0.717, 1.165) is 33.8 Å². The molecule has 2 N–H and O–H groups in total. The van der Waals surface area contributed by atoms with E-state index in [1.165, 1.54) is 0 Å². The van der Waals surface area contributed by atoms with Gasteiger partial charge < -0.3 is 9.11 Å². The molecule has 2 aromatic carbocycles. The average Bonchev–Trinajstić information content (AvgIpc) is 2.56. The molecule has 2 atom stereocenters. The van der Waals surface area contributed by atoms with Crippen LogP contribution in [0.25, 0.3) is 0 Å². The molecule has 0 heterocycles. The molecule has 0 amide bonds. The van der Waals surface area contributed by atoms with Crippen LogP contribution in [0.15, 0.2) is 48.5 Å². The van der Waals surface area contributed by atoms with Crippen molar-refractivity contribution in [2.24, 2.45) is 0 Å². The van der Waals surface area contributed by atoms with Gasteiger partial charge in [-0.05, 0) is 32.1 Å². The first-order chi connectivity index (χ1) is 12.1. The van der Waals surface area contributed by atoms with E-state index in [2.05, 4.69) is 0 Å². The summed E-state index contributed by atoms with van der Waals surface area (Å²) in [5.74, 6) is 1.82. The second kappa shape index (κ2) is 11.4. The van der Waals surface area contributed by atoms with E-state index < -0.39 is 22.2 Å². The van der Waals surface area contributed by atoms with Crippen LogP contribution >= 0.6 is 31.4 Å². The lowest BCUT2D eigenvalue weighted by Crippen LogP contribution is -1.97. The fourth-order valence-corrected chi connectivity index (χ4v) is 6.96. The van der Waals surface area contributed by atoms with Crippen LogP contribution in [0.5, 0.6) is 0 Å². The van der Waals surface area contributed by atoms with Crippen molar-refractivity contribution in [2.75, 3.05) is 0 Å². The maximum Gasteiger partial charge on any atom is 0.157 e. The molecule has 0 saturated carbocycles. The van der Waals surface area contributed by atoms with Gasteiger partial charge in [-0.15, -0.1) is 0 Å². The lowest BCUT2D eigenvalue weighted by atomic mass is 10.1. The molecule has 4 nitrogen and oxygen atoms in total. The zero-order valence-corrected chi connectivity index (χ0v) is 17.3. The van der Waals surface area contributed by atoms with Crippen molar-refractivity contribution in [3.05, 3.63) is 70.8 Å². The van der Waals surface area contributed by atoms with Crippen molar-refractivity contribution >= 4 is 53.6 Å². The molecule has 0 aliphatic rings. The fraction of sp³-hybridized carbons (Fsp3) is 0.250. The van der Waals surface area contributed by atoms with Crippen LogP contribution in [0.1, 0.15) is 22.3 Å². The van der Waals surface area contributed by atoms with E-state index in [1.807, 2.05) is 48.5 Å². The topological polar surface area (TPSA) is 74.6 Å². The summed E-state index contributed by atoms with van der Waals surface area (Å²) in [6, 6.07) is 15.3. The summed E-state index contributed by atoms with van der Waals surface area (Å²) in [4.78, 5) is 0. The third-order valence-corrected chi connectivity index (χ3v) is 8.50. The Morgan fingerprint density at radius 3 is 1.40 bits per heavy atom. The monoisotopic (exact) mass is 434 g/mol. The molecule has 25 heavy (non-hydrogen) atoms. The highest BCUT2D eigenvalue weighted by Gasteiger charge is 2.07. The van der Waals surface area contributed by atoms with Crippen molar-refractivity contribution < 1.29 is 17.5 Å². The molecular weight excluding hydrogens is 417 g/mol. The van der Waals surface area contributed by atoms with Crippen LogP contribution < -0.4 is 0 Å². The van der Waals surface area contributed by atoms with Crippen molar-refractivity contribution in [3.63, 3.8) is 0 Å². The molecule has 0 aromatic heterocycles. The zero-order chi connectivity index (χ0) is 18.1. The van der Waals surface area contributed by atoms with Crippen LogP contribution in [0.3, 0.4) is 0 Å². The lowest BCUT2D eigenvalue weighted by Gasteiger charge is -2.08. The van der Waals surface area contributed by atoms with E-state index >= 15 is 0 Å². The van der Waals surface area contributed by atoms with Gasteiger partial charge in [0.15, 0.2) is 22.2 Å². The number of benzene rings is 2. The van der Waals surface area contributed by atoms with Gasteiger partial charge in [0, 0.05) is 11.5 Å². The summed E-state index contributed by atoms with van der Waals surface area (Å²) in [5, 5.41) is 0. The molecule has 0 aliphatic carbocycles. The van der Waals surface area contributed by atoms with Crippen LogP contribution in [-0.4, -0.2) is 17.5 Å². The molecule has 9 heteroatoms. The summed E-state index contributed by atoms with van der Waals surface area (Å²) in [7, 11) is 5.01. The summed E-state index contributed by atoms with van der Waals surface area (Å²) in [6.07, 6.45) is 0. The van der Waals surface area contributed by atoms with Gasteiger partial charge in [0.1, 0.15) is 0 Å². The van der Waals surface area contributed by atoms with E-state index in [1.54, 1.807) is 31.4 Å². The second-order valence-electron chi connectivity index (χ2n) is 5.06. The smallest absolute Gasteiger partial charge is 0.157 e. The summed E-state index contributed by atoms with van der Waals surface area (Å²) >= 11 is -3.67. The Morgan fingerprint density at radius 2 is 1.04 bits per heavy atom. The normalized spacial score (nSPS) is 13.5. The maximum atomic E-state index is 11.0. The largest absolute Gasteiger partial charge is 0.306 e. The van der Waals surface area contributed by atoms with Gasteiger partial charge in [-0.3, -0.25) is 0 Å². The first-order valence-corrected chi connectivity index (χ1v) is 13.6. The number of hydrogen-bond acceptors (Lipinski definition) is 5. The average molecular weight is 435 g/mol. The Hall–Kier alpha value is -0.290. The van der Waals surface area contributed by atoms with Gasteiger partial charge in [0.25, 0.3) is 0 Å². The van der Waals surface area contributed by atoms with Crippen LogP contribution in [-0.2, 0) is 45.2 Å². The lowest BCUT2D eigenvalue weighted by molar-refractivity contribution is 0.561. The Bertz CT molecular complexity index is 676. The predicted molar refractivity (Wildman–Crippen MR) is 112 cm³/mol. The van der Waals surface area contributed by atoms with Crippen molar-refractivity contribution in [1.29, 1.82) is 0 Å². The minimum absolute atomic E-state index is 0.153. The molecule has 0 fully saturated rings. The Morgan fingerprint density at radius 1 is 0.680 bits per heavy atom. The highest BCUT2D eigenvalue weighted by Crippen LogP contribution is 2.39. The van der Waals surface area contributed by atoms with Gasteiger partial charge in [-0.1, -0.05) is 70.1 Å². The van der Waals surface area contributed by atoms with Gasteiger partial charge in [0.2, 0.25) is 0 Å². The van der Waals surface area contributed by atoms with Gasteiger partial charge in [0.05, 0.1) is 11.5 Å².